The maximum absolute atomic E-state index is 13.3. The summed E-state index contributed by atoms with van der Waals surface area (Å²) in [6, 6.07) is 8.63. The Kier molecular flexibility index (Phi) is 7.98. The van der Waals surface area contributed by atoms with E-state index >= 15 is 0 Å². The number of carbonyl (C=O) groups excluding carboxylic acids is 1. The molecule has 4 nitrogen and oxygen atoms in total. The lowest BCUT2D eigenvalue weighted by molar-refractivity contribution is -0.188. The Morgan fingerprint density at radius 3 is 2.06 bits per heavy atom. The van der Waals surface area contributed by atoms with Crippen LogP contribution in [0.4, 0.5) is 13.2 Å². The molecule has 0 N–H and O–H groups in total. The molecule has 0 aliphatic carbocycles. The highest BCUT2D eigenvalue weighted by molar-refractivity contribution is 5.82. The van der Waals surface area contributed by atoms with Crippen LogP contribution in [-0.4, -0.2) is 37.7 Å². The van der Waals surface area contributed by atoms with Crippen molar-refractivity contribution in [2.75, 3.05) is 20.8 Å². The number of amides is 1. The van der Waals surface area contributed by atoms with Crippen LogP contribution < -0.4 is 9.47 Å². The summed E-state index contributed by atoms with van der Waals surface area (Å²) < 4.78 is 50.5. The lowest BCUT2D eigenvalue weighted by Gasteiger charge is -2.38. The average molecular weight is 438 g/mol. The zero-order valence-corrected chi connectivity index (χ0v) is 18.9. The van der Waals surface area contributed by atoms with Gasteiger partial charge in [0.05, 0.1) is 20.3 Å². The first-order valence-electron chi connectivity index (χ1n) is 10.3. The number of nitrogens with zero attached hydrogens (tertiary/aromatic N) is 1. The van der Waals surface area contributed by atoms with Crippen molar-refractivity contribution in [3.8, 4) is 11.5 Å². The molecule has 0 saturated carbocycles. The lowest BCUT2D eigenvalue weighted by Crippen LogP contribution is -2.47. The maximum atomic E-state index is 13.3. The van der Waals surface area contributed by atoms with E-state index in [0.29, 0.717) is 23.5 Å². The van der Waals surface area contributed by atoms with Gasteiger partial charge in [-0.2, -0.15) is 13.2 Å². The van der Waals surface area contributed by atoms with E-state index in [1.165, 1.54) is 14.2 Å². The summed E-state index contributed by atoms with van der Waals surface area (Å²) in [6.07, 6.45) is -4.32. The van der Waals surface area contributed by atoms with Crippen molar-refractivity contribution >= 4 is 5.91 Å². The van der Waals surface area contributed by atoms with Gasteiger partial charge in [-0.05, 0) is 55.5 Å². The summed E-state index contributed by atoms with van der Waals surface area (Å²) in [5.74, 6) is -0.864. The molecule has 2 aromatic carbocycles. The van der Waals surface area contributed by atoms with Gasteiger partial charge in [-0.3, -0.25) is 4.79 Å². The van der Waals surface area contributed by atoms with E-state index in [2.05, 4.69) is 0 Å². The first-order chi connectivity index (χ1) is 14.6. The molecule has 31 heavy (non-hydrogen) atoms. The first kappa shape index (κ1) is 24.6. The number of ether oxygens (including phenoxy) is 2. The molecule has 170 valence electrons. The number of aryl methyl sites for hydroxylation is 2. The minimum Gasteiger partial charge on any atom is -0.493 e. The third-order valence-electron chi connectivity index (χ3n) is 5.22. The molecule has 3 rings (SSSR count). The summed E-state index contributed by atoms with van der Waals surface area (Å²) in [5.41, 5.74) is 4.46. The van der Waals surface area contributed by atoms with E-state index in [4.69, 9.17) is 9.47 Å². The van der Waals surface area contributed by atoms with E-state index in [-0.39, 0.29) is 13.0 Å². The van der Waals surface area contributed by atoms with Crippen molar-refractivity contribution < 1.29 is 27.4 Å². The van der Waals surface area contributed by atoms with Gasteiger partial charge in [-0.1, -0.05) is 43.2 Å². The van der Waals surface area contributed by atoms with E-state index in [0.717, 1.165) is 27.2 Å². The lowest BCUT2D eigenvalue weighted by atomic mass is 9.87. The number of halogens is 3. The minimum atomic E-state index is -4.92. The minimum absolute atomic E-state index is 0.00368. The topological polar surface area (TPSA) is 38.8 Å². The van der Waals surface area contributed by atoms with Gasteiger partial charge in [-0.15, -0.1) is 0 Å². The van der Waals surface area contributed by atoms with Crippen LogP contribution in [0, 0.1) is 13.8 Å². The van der Waals surface area contributed by atoms with Gasteiger partial charge < -0.3 is 14.4 Å². The standard InChI is InChI=1S/C22H24F3NO3.C2H6/c1-13-7-14(2)9-15(8-13)10-18-17-12-20(29-4)19(28-3)11-16(17)5-6-26(18)21(27)22(23,24)25;1-2/h7-9,11-12,18H,5-6,10H2,1-4H3;1-2H3. The predicted octanol–water partition coefficient (Wildman–Crippen LogP) is 5.58. The molecule has 0 fully saturated rings. The van der Waals surface area contributed by atoms with Crippen LogP contribution >= 0.6 is 0 Å². The van der Waals surface area contributed by atoms with E-state index in [1.54, 1.807) is 12.1 Å². The van der Waals surface area contributed by atoms with Crippen LogP contribution in [0.1, 0.15) is 47.7 Å². The van der Waals surface area contributed by atoms with E-state index in [1.807, 2.05) is 45.9 Å². The highest BCUT2D eigenvalue weighted by atomic mass is 19.4. The Hall–Kier alpha value is -2.70. The fraction of sp³-hybridized carbons (Fsp3) is 0.458. The van der Waals surface area contributed by atoms with Crippen LogP contribution in [0.3, 0.4) is 0 Å². The van der Waals surface area contributed by atoms with Gasteiger partial charge in [0.1, 0.15) is 0 Å². The Balaban J connectivity index is 0.00000166. The third-order valence-corrected chi connectivity index (χ3v) is 5.22. The average Bonchev–Trinajstić information content (AvgIpc) is 2.72. The molecule has 0 spiro atoms. The number of methoxy groups -OCH3 is 2. The number of hydrogen-bond acceptors (Lipinski definition) is 3. The van der Waals surface area contributed by atoms with Crippen LogP contribution in [0.15, 0.2) is 30.3 Å². The Bertz CT molecular complexity index is 905. The maximum Gasteiger partial charge on any atom is 0.471 e. The summed E-state index contributed by atoms with van der Waals surface area (Å²) in [4.78, 5) is 13.1. The van der Waals surface area contributed by atoms with Crippen molar-refractivity contribution in [3.05, 3.63) is 58.1 Å². The molecule has 1 heterocycles. The summed E-state index contributed by atoms with van der Waals surface area (Å²) in [6.45, 7) is 7.88. The molecule has 2 aromatic rings. The molecule has 0 saturated heterocycles. The molecule has 1 aliphatic heterocycles. The van der Waals surface area contributed by atoms with Gasteiger partial charge in [0, 0.05) is 6.54 Å². The summed E-state index contributed by atoms with van der Waals surface area (Å²) >= 11 is 0. The smallest absolute Gasteiger partial charge is 0.471 e. The highest BCUT2D eigenvalue weighted by Gasteiger charge is 2.46. The molecule has 0 radical (unpaired) electrons. The van der Waals surface area contributed by atoms with Crippen LogP contribution in [0.5, 0.6) is 11.5 Å². The molecule has 1 atom stereocenters. The molecule has 1 aliphatic rings. The molecule has 0 aromatic heterocycles. The predicted molar refractivity (Wildman–Crippen MR) is 115 cm³/mol. The normalized spacial score (nSPS) is 15.5. The Morgan fingerprint density at radius 2 is 1.55 bits per heavy atom. The second kappa shape index (κ2) is 10.1. The van der Waals surface area contributed by atoms with Crippen molar-refractivity contribution in [1.29, 1.82) is 0 Å². The Morgan fingerprint density at radius 1 is 1.00 bits per heavy atom. The van der Waals surface area contributed by atoms with E-state index in [9.17, 15) is 18.0 Å². The quantitative estimate of drug-likeness (QED) is 0.627. The van der Waals surface area contributed by atoms with Gasteiger partial charge in [0.15, 0.2) is 11.5 Å². The number of fused-ring (bicyclic) bond motifs is 1. The second-order valence-corrected chi connectivity index (χ2v) is 7.37. The first-order valence-corrected chi connectivity index (χ1v) is 10.3. The number of carbonyl (C=O) groups is 1. The molecular weight excluding hydrogens is 407 g/mol. The molecule has 1 unspecified atom stereocenters. The van der Waals surface area contributed by atoms with Gasteiger partial charge in [0.25, 0.3) is 0 Å². The number of hydrogen-bond donors (Lipinski definition) is 0. The molecule has 7 heteroatoms. The number of benzene rings is 2. The van der Waals surface area contributed by atoms with Gasteiger partial charge >= 0.3 is 12.1 Å². The molecule has 0 bridgehead atoms. The monoisotopic (exact) mass is 437 g/mol. The zero-order valence-electron chi connectivity index (χ0n) is 18.9. The summed E-state index contributed by atoms with van der Waals surface area (Å²) in [5, 5.41) is 0. The van der Waals surface area contributed by atoms with Gasteiger partial charge in [0.2, 0.25) is 0 Å². The largest absolute Gasteiger partial charge is 0.493 e. The zero-order chi connectivity index (χ0) is 23.3. The number of alkyl halides is 3. The third kappa shape index (κ3) is 5.51. The van der Waals surface area contributed by atoms with Crippen LogP contribution in [0.25, 0.3) is 0 Å². The van der Waals surface area contributed by atoms with Crippen molar-refractivity contribution in [1.82, 2.24) is 4.90 Å². The SMILES string of the molecule is CC.COc1cc2c(cc1OC)C(Cc1cc(C)cc(C)c1)N(C(=O)C(F)(F)F)CC2. The second-order valence-electron chi connectivity index (χ2n) is 7.37. The van der Waals surface area contributed by atoms with Gasteiger partial charge in [-0.25, -0.2) is 0 Å². The highest BCUT2D eigenvalue weighted by Crippen LogP contribution is 2.41. The van der Waals surface area contributed by atoms with Crippen LogP contribution in [0.2, 0.25) is 0 Å². The van der Waals surface area contributed by atoms with Crippen molar-refractivity contribution in [2.45, 2.75) is 52.8 Å². The summed E-state index contributed by atoms with van der Waals surface area (Å²) in [7, 11) is 2.99. The molecular formula is C24H30F3NO3. The fourth-order valence-corrected chi connectivity index (χ4v) is 4.06. The van der Waals surface area contributed by atoms with Crippen molar-refractivity contribution in [3.63, 3.8) is 0 Å². The van der Waals surface area contributed by atoms with E-state index < -0.39 is 18.1 Å². The Labute approximate surface area is 182 Å². The van der Waals surface area contributed by atoms with Crippen molar-refractivity contribution in [2.24, 2.45) is 0 Å². The number of rotatable bonds is 4. The molecule has 1 amide bonds. The fourth-order valence-electron chi connectivity index (χ4n) is 4.06. The van der Waals surface area contributed by atoms with Crippen LogP contribution in [-0.2, 0) is 17.6 Å².